The number of carbonyl (C=O) groups is 1. The molecule has 0 unspecified atom stereocenters. The van der Waals surface area contributed by atoms with Crippen molar-refractivity contribution in [2.75, 3.05) is 0 Å². The summed E-state index contributed by atoms with van der Waals surface area (Å²) in [7, 11) is 0. The van der Waals surface area contributed by atoms with E-state index in [4.69, 9.17) is 2.69 Å². The van der Waals surface area contributed by atoms with Gasteiger partial charge in [0.25, 0.3) is 0 Å². The molecule has 48 valence electrons. The molecule has 0 fully saturated rings. The molecule has 0 aromatic rings. The molecule has 9 heavy (non-hydrogen) atoms. The van der Waals surface area contributed by atoms with Gasteiger partial charge in [0.1, 0.15) is 0 Å². The number of hydrogen-bond acceptors (Lipinski definition) is 2. The predicted octanol–water partition coefficient (Wildman–Crippen LogP) is 0.991. The van der Waals surface area contributed by atoms with E-state index in [2.05, 4.69) is 13.2 Å². The van der Waals surface area contributed by atoms with Gasteiger partial charge >= 0.3 is 64.0 Å². The van der Waals surface area contributed by atoms with Gasteiger partial charge in [-0.3, -0.25) is 0 Å². The van der Waals surface area contributed by atoms with Crippen LogP contribution in [0.3, 0.4) is 0 Å². The van der Waals surface area contributed by atoms with Gasteiger partial charge in [0.05, 0.1) is 0 Å². The third-order valence-corrected chi connectivity index (χ3v) is 6.73. The molecular weight excluding hydrogens is 308 g/mol. The van der Waals surface area contributed by atoms with Crippen molar-refractivity contribution < 1.29 is 7.48 Å². The first-order chi connectivity index (χ1) is 4.20. The molecule has 0 bridgehead atoms. The fourth-order valence-corrected chi connectivity index (χ4v) is 3.37. The van der Waals surface area contributed by atoms with E-state index in [1.807, 2.05) is 0 Å². The van der Waals surface area contributed by atoms with E-state index in [1.54, 1.807) is 7.27 Å². The molecule has 0 saturated heterocycles. The zero-order chi connectivity index (χ0) is 7.28. The summed E-state index contributed by atoms with van der Waals surface area (Å²) in [6, 6.07) is 0. The predicted molar refractivity (Wildman–Crippen MR) is 37.9 cm³/mol. The third kappa shape index (κ3) is 4.38. The second kappa shape index (κ2) is 4.72. The number of rotatable bonds is 3. The van der Waals surface area contributed by atoms with Gasteiger partial charge < -0.3 is 0 Å². The SMILES string of the molecule is C=[CH][Tl]([CH]=C)[O]C(C)=O. The van der Waals surface area contributed by atoms with E-state index >= 15 is 0 Å². The molecule has 0 N–H and O–H groups in total. The summed E-state index contributed by atoms with van der Waals surface area (Å²) in [5, 5.41) is 0. The van der Waals surface area contributed by atoms with E-state index in [0.29, 0.717) is 0 Å². The van der Waals surface area contributed by atoms with E-state index in [-0.39, 0.29) is 5.97 Å². The van der Waals surface area contributed by atoms with Crippen LogP contribution in [0.2, 0.25) is 0 Å². The van der Waals surface area contributed by atoms with Crippen molar-refractivity contribution >= 4 is 29.1 Å². The summed E-state index contributed by atoms with van der Waals surface area (Å²) in [6.07, 6.45) is 0. The molecule has 0 heterocycles. The Morgan fingerprint density at radius 2 is 2.00 bits per heavy atom. The molecule has 0 saturated carbocycles. The van der Waals surface area contributed by atoms with E-state index < -0.39 is 23.2 Å². The molecule has 2 nitrogen and oxygen atoms in total. The molecule has 0 aromatic carbocycles. The van der Waals surface area contributed by atoms with Gasteiger partial charge in [0, 0.05) is 0 Å². The molecule has 0 radical (unpaired) electrons. The topological polar surface area (TPSA) is 26.3 Å². The van der Waals surface area contributed by atoms with E-state index in [9.17, 15) is 4.79 Å². The maximum absolute atomic E-state index is 10.3. The third-order valence-electron chi connectivity index (χ3n) is 0.767. The Morgan fingerprint density at radius 1 is 1.56 bits per heavy atom. The molecule has 0 aromatic heterocycles. The van der Waals surface area contributed by atoms with Crippen molar-refractivity contribution in [2.45, 2.75) is 6.92 Å². The van der Waals surface area contributed by atoms with Crippen LogP contribution in [0.5, 0.6) is 0 Å². The van der Waals surface area contributed by atoms with Gasteiger partial charge in [-0.05, 0) is 0 Å². The van der Waals surface area contributed by atoms with Crippen molar-refractivity contribution in [3.8, 4) is 0 Å². The summed E-state index contributed by atoms with van der Waals surface area (Å²) < 4.78 is 8.36. The summed E-state index contributed by atoms with van der Waals surface area (Å²) >= 11 is -2.31. The van der Waals surface area contributed by atoms with Gasteiger partial charge in [0.2, 0.25) is 0 Å². The molecule has 0 spiro atoms. The zero-order valence-corrected chi connectivity index (χ0v) is 9.95. The number of hydrogen-bond donors (Lipinski definition) is 0. The molecule has 0 aliphatic heterocycles. The van der Waals surface area contributed by atoms with Gasteiger partial charge in [0.15, 0.2) is 0 Å². The first-order valence-corrected chi connectivity index (χ1v) is 9.64. The van der Waals surface area contributed by atoms with Crippen molar-refractivity contribution in [3.63, 3.8) is 0 Å². The van der Waals surface area contributed by atoms with Gasteiger partial charge in [-0.25, -0.2) is 0 Å². The van der Waals surface area contributed by atoms with E-state index in [1.165, 1.54) is 6.92 Å². The Hall–Kier alpha value is -0.128. The van der Waals surface area contributed by atoms with Crippen LogP contribution in [-0.2, 0) is 7.48 Å². The maximum atomic E-state index is 10.3. The molecule has 0 aliphatic rings. The minimum absolute atomic E-state index is 0.221. The zero-order valence-electron chi connectivity index (χ0n) is 5.46. The van der Waals surface area contributed by atoms with Crippen LogP contribution in [0, 0.1) is 0 Å². The van der Waals surface area contributed by atoms with Crippen LogP contribution in [0.4, 0.5) is 0 Å². The van der Waals surface area contributed by atoms with Crippen LogP contribution in [0.15, 0.2) is 20.4 Å². The van der Waals surface area contributed by atoms with Gasteiger partial charge in [-0.2, -0.15) is 0 Å². The Balaban J connectivity index is 3.68. The van der Waals surface area contributed by atoms with Crippen molar-refractivity contribution in [1.29, 1.82) is 0 Å². The summed E-state index contributed by atoms with van der Waals surface area (Å²) in [4.78, 5) is 10.3. The molecule has 0 atom stereocenters. The fourth-order valence-electron chi connectivity index (χ4n) is 0.384. The summed E-state index contributed by atoms with van der Waals surface area (Å²) in [5.41, 5.74) is 0. The van der Waals surface area contributed by atoms with Gasteiger partial charge in [-0.1, -0.05) is 0 Å². The second-order valence-corrected chi connectivity index (χ2v) is 9.74. The Kier molecular flexibility index (Phi) is 4.66. The Bertz CT molecular complexity index is 123. The van der Waals surface area contributed by atoms with Gasteiger partial charge in [-0.15, -0.1) is 0 Å². The second-order valence-electron chi connectivity index (χ2n) is 1.55. The first-order valence-electron chi connectivity index (χ1n) is 2.63. The van der Waals surface area contributed by atoms with Crippen LogP contribution in [0.1, 0.15) is 6.92 Å². The molecule has 0 amide bonds. The summed E-state index contributed by atoms with van der Waals surface area (Å²) in [5.74, 6) is -0.221. The summed E-state index contributed by atoms with van der Waals surface area (Å²) in [6.45, 7) is 8.47. The first kappa shape index (κ1) is 8.87. The quantitative estimate of drug-likeness (QED) is 0.726. The van der Waals surface area contributed by atoms with Crippen LogP contribution < -0.4 is 0 Å². The van der Waals surface area contributed by atoms with Crippen molar-refractivity contribution in [1.82, 2.24) is 0 Å². The Labute approximate surface area is 64.0 Å². The monoisotopic (exact) mass is 318 g/mol. The van der Waals surface area contributed by atoms with E-state index in [0.717, 1.165) is 0 Å². The molecule has 0 aliphatic carbocycles. The average molecular weight is 318 g/mol. The molecule has 0 rings (SSSR count). The molecular formula is C6H9O2Tl. The normalized spacial score (nSPS) is 7.67. The standard InChI is InChI=1S/C2H4O2.2C2H3.Tl/c1-2(3)4;2*1-2;/h1H3,(H,3,4);2*1H,2H2;/q;;;+1/p-1. The number of carbonyl (C=O) groups excluding carboxylic acids is 1. The van der Waals surface area contributed by atoms with Crippen molar-refractivity contribution in [2.24, 2.45) is 0 Å². The van der Waals surface area contributed by atoms with Crippen LogP contribution in [-0.4, -0.2) is 29.1 Å². The van der Waals surface area contributed by atoms with Crippen LogP contribution in [0.25, 0.3) is 0 Å². The Morgan fingerprint density at radius 3 is 2.11 bits per heavy atom. The van der Waals surface area contributed by atoms with Crippen molar-refractivity contribution in [3.05, 3.63) is 20.4 Å². The fraction of sp³-hybridized carbons (Fsp3) is 0.167. The average Bonchev–Trinajstić information content (AvgIpc) is 1.82. The molecule has 3 heteroatoms. The van der Waals surface area contributed by atoms with Crippen LogP contribution >= 0.6 is 0 Å². The minimum atomic E-state index is -2.31.